The Labute approximate surface area is 167 Å². The Hall–Kier alpha value is -3.63. The van der Waals surface area contributed by atoms with Crippen molar-refractivity contribution < 1.29 is 46.5 Å². The van der Waals surface area contributed by atoms with Crippen molar-refractivity contribution >= 4 is 17.8 Å². The molecule has 0 bridgehead atoms. The molecule has 2 rings (SSSR count). The lowest BCUT2D eigenvalue weighted by Gasteiger charge is -2.16. The molecule has 160 valence electrons. The molecule has 0 aliphatic rings. The number of hydrogen-bond acceptors (Lipinski definition) is 5. The first kappa shape index (κ1) is 22.7. The Morgan fingerprint density at radius 1 is 1.00 bits per heavy atom. The number of carbonyl (C=O) groups excluding carboxylic acids is 2. The van der Waals surface area contributed by atoms with E-state index in [9.17, 15) is 31.9 Å². The first-order valence-corrected chi connectivity index (χ1v) is 8.36. The van der Waals surface area contributed by atoms with Gasteiger partial charge in [-0.05, 0) is 5.56 Å². The Morgan fingerprint density at radius 3 is 2.17 bits per heavy atom. The van der Waals surface area contributed by atoms with Crippen molar-refractivity contribution in [2.24, 2.45) is 0 Å². The number of ketones is 1. The Bertz CT molecular complexity index is 912. The summed E-state index contributed by atoms with van der Waals surface area (Å²) in [4.78, 5) is 35.0. The largest absolute Gasteiger partial charge is 0.481 e. The van der Waals surface area contributed by atoms with E-state index in [0.717, 1.165) is 0 Å². The van der Waals surface area contributed by atoms with Gasteiger partial charge in [-0.3, -0.25) is 9.59 Å². The molecule has 0 aliphatic heterocycles. The number of nitrogens with one attached hydrogen (secondary N) is 1. The first-order chi connectivity index (χ1) is 14.2. The molecule has 0 saturated carbocycles. The number of amides is 1. The highest BCUT2D eigenvalue weighted by Crippen LogP contribution is 2.26. The predicted molar refractivity (Wildman–Crippen MR) is 92.6 cm³/mol. The lowest BCUT2D eigenvalue weighted by Crippen LogP contribution is -2.44. The molecule has 0 aliphatic carbocycles. The van der Waals surface area contributed by atoms with E-state index in [1.807, 2.05) is 5.32 Å². The molecular formula is C19H15F4NO6. The summed E-state index contributed by atoms with van der Waals surface area (Å²) in [6.45, 7) is -1.34. The molecule has 0 aromatic heterocycles. The zero-order valence-corrected chi connectivity index (χ0v) is 15.2. The van der Waals surface area contributed by atoms with Crippen LogP contribution in [0.25, 0.3) is 0 Å². The average Bonchev–Trinajstić information content (AvgIpc) is 2.70. The number of benzene rings is 2. The van der Waals surface area contributed by atoms with Crippen LogP contribution in [0.2, 0.25) is 0 Å². The molecule has 1 atom stereocenters. The van der Waals surface area contributed by atoms with Crippen LogP contribution >= 0.6 is 0 Å². The van der Waals surface area contributed by atoms with E-state index in [-0.39, 0.29) is 12.7 Å². The summed E-state index contributed by atoms with van der Waals surface area (Å²) in [5, 5.41) is 10.9. The fourth-order valence-electron chi connectivity index (χ4n) is 2.25. The van der Waals surface area contributed by atoms with E-state index in [1.54, 1.807) is 30.3 Å². The van der Waals surface area contributed by atoms with E-state index in [2.05, 4.69) is 4.74 Å². The molecule has 0 fully saturated rings. The molecule has 2 aromatic carbocycles. The van der Waals surface area contributed by atoms with Crippen LogP contribution in [0.3, 0.4) is 0 Å². The normalized spacial score (nSPS) is 11.5. The predicted octanol–water partition coefficient (Wildman–Crippen LogP) is 2.96. The highest BCUT2D eigenvalue weighted by Gasteiger charge is 2.27. The second-order valence-corrected chi connectivity index (χ2v) is 5.91. The molecule has 7 nitrogen and oxygen atoms in total. The Kier molecular flexibility index (Phi) is 7.73. The standard InChI is InChI=1S/C19H15F4NO6/c20-11-6-12(21)17(23)18(16(11)22)29-9-14(25)13(7-15(26)27)24-19(28)30-8-10-4-2-1-3-5-10/h1-6,13H,7-9H2,(H,24,28)(H,26,27). The Balaban J connectivity index is 2.01. The average molecular weight is 429 g/mol. The summed E-state index contributed by atoms with van der Waals surface area (Å²) < 4.78 is 62.9. The van der Waals surface area contributed by atoms with Gasteiger partial charge in [0, 0.05) is 6.07 Å². The topological polar surface area (TPSA) is 102 Å². The van der Waals surface area contributed by atoms with E-state index in [0.29, 0.717) is 5.56 Å². The van der Waals surface area contributed by atoms with Gasteiger partial charge in [-0.1, -0.05) is 30.3 Å². The molecule has 2 aromatic rings. The zero-order valence-electron chi connectivity index (χ0n) is 15.2. The molecule has 0 radical (unpaired) electrons. The van der Waals surface area contributed by atoms with Crippen LogP contribution in [-0.2, 0) is 20.9 Å². The first-order valence-electron chi connectivity index (χ1n) is 8.36. The van der Waals surface area contributed by atoms with Crippen molar-refractivity contribution in [3.8, 4) is 5.75 Å². The van der Waals surface area contributed by atoms with Crippen molar-refractivity contribution in [1.29, 1.82) is 0 Å². The minimum atomic E-state index is -1.87. The highest BCUT2D eigenvalue weighted by atomic mass is 19.2. The SMILES string of the molecule is O=C(O)CC(NC(=O)OCc1ccccc1)C(=O)COc1c(F)c(F)cc(F)c1F. The number of aliphatic carboxylic acids is 1. The summed E-state index contributed by atoms with van der Waals surface area (Å²) in [5.41, 5.74) is 0.621. The van der Waals surface area contributed by atoms with Gasteiger partial charge in [-0.15, -0.1) is 0 Å². The molecule has 11 heteroatoms. The van der Waals surface area contributed by atoms with Gasteiger partial charge >= 0.3 is 12.1 Å². The smallest absolute Gasteiger partial charge is 0.408 e. The van der Waals surface area contributed by atoms with Crippen LogP contribution in [0.15, 0.2) is 36.4 Å². The van der Waals surface area contributed by atoms with E-state index < -0.39 is 65.9 Å². The van der Waals surface area contributed by atoms with Crippen molar-refractivity contribution in [3.63, 3.8) is 0 Å². The number of carbonyl (C=O) groups is 3. The minimum absolute atomic E-state index is 0.0448. The van der Waals surface area contributed by atoms with E-state index in [1.165, 1.54) is 0 Å². The maximum Gasteiger partial charge on any atom is 0.408 e. The highest BCUT2D eigenvalue weighted by molar-refractivity contribution is 5.91. The molecule has 0 saturated heterocycles. The molecule has 0 heterocycles. The number of halogens is 4. The summed E-state index contributed by atoms with van der Waals surface area (Å²) in [5.74, 6) is -11.3. The van der Waals surface area contributed by atoms with Crippen molar-refractivity contribution in [3.05, 3.63) is 65.2 Å². The molecule has 1 unspecified atom stereocenters. The number of hydrogen-bond donors (Lipinski definition) is 2. The number of carboxylic acid groups (broad SMARTS) is 1. The molecular weight excluding hydrogens is 414 g/mol. The summed E-state index contributed by atoms with van der Waals surface area (Å²) in [6.07, 6.45) is -2.03. The number of alkyl carbamates (subject to hydrolysis) is 1. The van der Waals surface area contributed by atoms with E-state index >= 15 is 0 Å². The number of Topliss-reactive ketones (excluding diaryl/α,β-unsaturated/α-hetero) is 1. The molecule has 1 amide bonds. The third-order valence-electron chi connectivity index (χ3n) is 3.70. The van der Waals surface area contributed by atoms with Crippen LogP contribution in [0.4, 0.5) is 22.4 Å². The van der Waals surface area contributed by atoms with Gasteiger partial charge in [0.25, 0.3) is 0 Å². The maximum absolute atomic E-state index is 13.6. The molecule has 2 N–H and O–H groups in total. The number of ether oxygens (including phenoxy) is 2. The van der Waals surface area contributed by atoms with Crippen molar-refractivity contribution in [2.75, 3.05) is 6.61 Å². The van der Waals surface area contributed by atoms with Gasteiger partial charge in [0.1, 0.15) is 19.3 Å². The van der Waals surface area contributed by atoms with Gasteiger partial charge in [0.15, 0.2) is 23.2 Å². The zero-order chi connectivity index (χ0) is 22.3. The van der Waals surface area contributed by atoms with Gasteiger partial charge in [0.2, 0.25) is 11.6 Å². The van der Waals surface area contributed by atoms with Crippen LogP contribution in [0.1, 0.15) is 12.0 Å². The van der Waals surface area contributed by atoms with Crippen LogP contribution < -0.4 is 10.1 Å². The van der Waals surface area contributed by atoms with Gasteiger partial charge in [0.05, 0.1) is 6.42 Å². The third kappa shape index (κ3) is 6.19. The maximum atomic E-state index is 13.6. The van der Waals surface area contributed by atoms with Crippen LogP contribution in [0.5, 0.6) is 5.75 Å². The van der Waals surface area contributed by atoms with Crippen molar-refractivity contribution in [1.82, 2.24) is 5.32 Å². The monoisotopic (exact) mass is 429 g/mol. The van der Waals surface area contributed by atoms with E-state index in [4.69, 9.17) is 9.84 Å². The fraction of sp³-hybridized carbons (Fsp3) is 0.211. The van der Waals surface area contributed by atoms with Gasteiger partial charge in [-0.25, -0.2) is 13.6 Å². The second-order valence-electron chi connectivity index (χ2n) is 5.91. The van der Waals surface area contributed by atoms with Gasteiger partial charge in [-0.2, -0.15) is 8.78 Å². The molecule has 0 spiro atoms. The van der Waals surface area contributed by atoms with Crippen LogP contribution in [-0.4, -0.2) is 35.6 Å². The summed E-state index contributed by atoms with van der Waals surface area (Å²) in [7, 11) is 0. The summed E-state index contributed by atoms with van der Waals surface area (Å²) in [6, 6.07) is 6.70. The quantitative estimate of drug-likeness (QED) is 0.470. The second kappa shape index (κ2) is 10.2. The Morgan fingerprint density at radius 2 is 1.60 bits per heavy atom. The lowest BCUT2D eigenvalue weighted by atomic mass is 10.1. The summed E-state index contributed by atoms with van der Waals surface area (Å²) >= 11 is 0. The fourth-order valence-corrected chi connectivity index (χ4v) is 2.25. The number of carboxylic acids is 1. The molecule has 30 heavy (non-hydrogen) atoms. The lowest BCUT2D eigenvalue weighted by molar-refractivity contribution is -0.139. The van der Waals surface area contributed by atoms with Gasteiger partial charge < -0.3 is 19.9 Å². The van der Waals surface area contributed by atoms with Crippen LogP contribution in [0, 0.1) is 23.3 Å². The number of rotatable bonds is 9. The van der Waals surface area contributed by atoms with Crippen molar-refractivity contribution in [2.45, 2.75) is 19.1 Å². The third-order valence-corrected chi connectivity index (χ3v) is 3.70. The minimum Gasteiger partial charge on any atom is -0.481 e.